The molecule has 1 amide bonds. The number of benzene rings is 1. The molecular weight excluding hydrogens is 414 g/mol. The summed E-state index contributed by atoms with van der Waals surface area (Å²) in [6, 6.07) is 10.2. The van der Waals surface area contributed by atoms with E-state index in [0.29, 0.717) is 19.4 Å². The van der Waals surface area contributed by atoms with Crippen molar-refractivity contribution in [2.75, 3.05) is 37.0 Å². The van der Waals surface area contributed by atoms with Crippen LogP contribution in [-0.4, -0.2) is 52.8 Å². The summed E-state index contributed by atoms with van der Waals surface area (Å²) in [6.45, 7) is 6.63. The van der Waals surface area contributed by atoms with Crippen LogP contribution in [0.4, 0.5) is 11.5 Å². The number of nitrogens with zero attached hydrogens (tertiary/aromatic N) is 6. The van der Waals surface area contributed by atoms with Gasteiger partial charge in [-0.15, -0.1) is 0 Å². The first-order valence-corrected chi connectivity index (χ1v) is 11.6. The van der Waals surface area contributed by atoms with Crippen LogP contribution in [0, 0.1) is 13.8 Å². The molecule has 8 nitrogen and oxygen atoms in total. The summed E-state index contributed by atoms with van der Waals surface area (Å²) in [4.78, 5) is 25.7. The summed E-state index contributed by atoms with van der Waals surface area (Å²) >= 11 is 0. The number of anilines is 2. The molecule has 8 heteroatoms. The molecule has 0 atom stereocenters. The van der Waals surface area contributed by atoms with Gasteiger partial charge in [0.1, 0.15) is 12.1 Å². The summed E-state index contributed by atoms with van der Waals surface area (Å²) in [6.07, 6.45) is 5.08. The normalized spacial score (nSPS) is 13.4. The number of hydrogen-bond donors (Lipinski definition) is 1. The predicted molar refractivity (Wildman–Crippen MR) is 131 cm³/mol. The van der Waals surface area contributed by atoms with Crippen molar-refractivity contribution in [2.45, 2.75) is 46.1 Å². The molecule has 0 bridgehead atoms. The standard InChI is InChI=1S/C25H33N7O/c1-18-22(11-12-25(33)26-16-20-7-9-21(10-8-20)30(3)4)19(2)32(29-18)24-15-23(27-17-28-24)31-13-5-6-14-31/h7-10,15,17H,5-6,11-14,16H2,1-4H3,(H,26,33). The number of aromatic nitrogens is 4. The molecule has 3 heterocycles. The van der Waals surface area contributed by atoms with Crippen molar-refractivity contribution in [3.05, 3.63) is 59.2 Å². The first-order chi connectivity index (χ1) is 15.9. The van der Waals surface area contributed by atoms with Gasteiger partial charge in [0.15, 0.2) is 5.82 Å². The molecule has 1 fully saturated rings. The molecule has 1 aromatic carbocycles. The number of amides is 1. The van der Waals surface area contributed by atoms with E-state index >= 15 is 0 Å². The van der Waals surface area contributed by atoms with E-state index in [1.54, 1.807) is 6.33 Å². The van der Waals surface area contributed by atoms with Crippen molar-refractivity contribution in [1.82, 2.24) is 25.1 Å². The second kappa shape index (κ2) is 10.0. The SMILES string of the molecule is Cc1nn(-c2cc(N3CCCC3)ncn2)c(C)c1CCC(=O)NCc1ccc(N(C)C)cc1. The molecular formula is C25H33N7O. The van der Waals surface area contributed by atoms with Crippen LogP contribution in [0.1, 0.15) is 41.8 Å². The van der Waals surface area contributed by atoms with Gasteiger partial charge in [-0.1, -0.05) is 12.1 Å². The fourth-order valence-corrected chi connectivity index (χ4v) is 4.27. The van der Waals surface area contributed by atoms with Gasteiger partial charge in [-0.05, 0) is 56.4 Å². The van der Waals surface area contributed by atoms with Crippen molar-refractivity contribution < 1.29 is 4.79 Å². The molecule has 0 aliphatic carbocycles. The van der Waals surface area contributed by atoms with Gasteiger partial charge in [-0.25, -0.2) is 14.6 Å². The molecule has 0 spiro atoms. The Labute approximate surface area is 195 Å². The van der Waals surface area contributed by atoms with Gasteiger partial charge in [0.25, 0.3) is 0 Å². The summed E-state index contributed by atoms with van der Waals surface area (Å²) in [5.41, 5.74) is 5.28. The minimum atomic E-state index is 0.0385. The smallest absolute Gasteiger partial charge is 0.220 e. The van der Waals surface area contributed by atoms with E-state index in [1.807, 2.05) is 50.8 Å². The molecule has 33 heavy (non-hydrogen) atoms. The van der Waals surface area contributed by atoms with Gasteiger partial charge in [0, 0.05) is 57.6 Å². The Hall–Kier alpha value is -3.42. The lowest BCUT2D eigenvalue weighted by Crippen LogP contribution is -2.23. The molecule has 4 rings (SSSR count). The van der Waals surface area contributed by atoms with Crippen LogP contribution in [0.2, 0.25) is 0 Å². The van der Waals surface area contributed by atoms with E-state index in [9.17, 15) is 4.79 Å². The van der Waals surface area contributed by atoms with Crippen molar-refractivity contribution in [3.8, 4) is 5.82 Å². The summed E-state index contributed by atoms with van der Waals surface area (Å²) < 4.78 is 1.87. The monoisotopic (exact) mass is 447 g/mol. The molecule has 1 saturated heterocycles. The molecule has 0 unspecified atom stereocenters. The maximum absolute atomic E-state index is 12.5. The highest BCUT2D eigenvalue weighted by molar-refractivity contribution is 5.76. The van der Waals surface area contributed by atoms with Crippen molar-refractivity contribution in [1.29, 1.82) is 0 Å². The number of rotatable bonds is 8. The second-order valence-corrected chi connectivity index (χ2v) is 8.83. The molecule has 1 N–H and O–H groups in total. The highest BCUT2D eigenvalue weighted by Crippen LogP contribution is 2.22. The van der Waals surface area contributed by atoms with Crippen LogP contribution in [-0.2, 0) is 17.8 Å². The zero-order valence-electron chi connectivity index (χ0n) is 20.0. The van der Waals surface area contributed by atoms with Gasteiger partial charge < -0.3 is 15.1 Å². The molecule has 1 aliphatic rings. The zero-order chi connectivity index (χ0) is 23.4. The maximum Gasteiger partial charge on any atom is 0.220 e. The number of carbonyl (C=O) groups is 1. The average Bonchev–Trinajstić information content (AvgIpc) is 3.45. The van der Waals surface area contributed by atoms with E-state index in [0.717, 1.165) is 52.9 Å². The van der Waals surface area contributed by atoms with Crippen LogP contribution in [0.15, 0.2) is 36.7 Å². The molecule has 2 aromatic heterocycles. The van der Waals surface area contributed by atoms with Gasteiger partial charge in [0.05, 0.1) is 5.69 Å². The van der Waals surface area contributed by atoms with Crippen LogP contribution in [0.3, 0.4) is 0 Å². The minimum absolute atomic E-state index is 0.0385. The first-order valence-electron chi connectivity index (χ1n) is 11.6. The van der Waals surface area contributed by atoms with E-state index in [-0.39, 0.29) is 5.91 Å². The van der Waals surface area contributed by atoms with Gasteiger partial charge in [-0.3, -0.25) is 4.79 Å². The molecule has 0 radical (unpaired) electrons. The molecule has 1 aliphatic heterocycles. The Morgan fingerprint density at radius 2 is 1.76 bits per heavy atom. The Morgan fingerprint density at radius 1 is 1.06 bits per heavy atom. The van der Waals surface area contributed by atoms with Crippen molar-refractivity contribution in [3.63, 3.8) is 0 Å². The summed E-state index contributed by atoms with van der Waals surface area (Å²) in [7, 11) is 4.03. The van der Waals surface area contributed by atoms with Crippen molar-refractivity contribution in [2.24, 2.45) is 0 Å². The lowest BCUT2D eigenvalue weighted by Gasteiger charge is -2.16. The van der Waals surface area contributed by atoms with Crippen LogP contribution < -0.4 is 15.1 Å². The fourth-order valence-electron chi connectivity index (χ4n) is 4.27. The molecule has 0 saturated carbocycles. The number of carbonyl (C=O) groups excluding carboxylic acids is 1. The Morgan fingerprint density at radius 3 is 2.45 bits per heavy atom. The zero-order valence-corrected chi connectivity index (χ0v) is 20.0. The number of aryl methyl sites for hydroxylation is 1. The lowest BCUT2D eigenvalue weighted by atomic mass is 10.1. The highest BCUT2D eigenvalue weighted by atomic mass is 16.1. The molecule has 174 valence electrons. The average molecular weight is 448 g/mol. The van der Waals surface area contributed by atoms with Crippen LogP contribution in [0.5, 0.6) is 0 Å². The van der Waals surface area contributed by atoms with Gasteiger partial charge in [0.2, 0.25) is 5.91 Å². The summed E-state index contributed by atoms with van der Waals surface area (Å²) in [5, 5.41) is 7.74. The summed E-state index contributed by atoms with van der Waals surface area (Å²) in [5.74, 6) is 1.76. The van der Waals surface area contributed by atoms with Crippen LogP contribution >= 0.6 is 0 Å². The first kappa shape index (κ1) is 22.8. The second-order valence-electron chi connectivity index (χ2n) is 8.83. The lowest BCUT2D eigenvalue weighted by molar-refractivity contribution is -0.121. The van der Waals surface area contributed by atoms with E-state index in [4.69, 9.17) is 5.10 Å². The van der Waals surface area contributed by atoms with Gasteiger partial charge in [-0.2, -0.15) is 5.10 Å². The van der Waals surface area contributed by atoms with Crippen LogP contribution in [0.25, 0.3) is 5.82 Å². The van der Waals surface area contributed by atoms with E-state index in [1.165, 1.54) is 12.8 Å². The quantitative estimate of drug-likeness (QED) is 0.571. The predicted octanol–water partition coefficient (Wildman–Crippen LogP) is 3.19. The Bertz CT molecular complexity index is 1100. The maximum atomic E-state index is 12.5. The van der Waals surface area contributed by atoms with E-state index < -0.39 is 0 Å². The fraction of sp³-hybridized carbons (Fsp3) is 0.440. The third kappa shape index (κ3) is 5.32. The Kier molecular flexibility index (Phi) is 6.91. The largest absolute Gasteiger partial charge is 0.378 e. The third-order valence-corrected chi connectivity index (χ3v) is 6.27. The van der Waals surface area contributed by atoms with Gasteiger partial charge >= 0.3 is 0 Å². The molecule has 3 aromatic rings. The van der Waals surface area contributed by atoms with Crippen molar-refractivity contribution >= 4 is 17.4 Å². The Balaban J connectivity index is 1.37. The minimum Gasteiger partial charge on any atom is -0.378 e. The third-order valence-electron chi connectivity index (χ3n) is 6.27. The number of hydrogen-bond acceptors (Lipinski definition) is 6. The highest BCUT2D eigenvalue weighted by Gasteiger charge is 2.18. The topological polar surface area (TPSA) is 79.2 Å². The van der Waals surface area contributed by atoms with E-state index in [2.05, 4.69) is 37.2 Å². The number of nitrogens with one attached hydrogen (secondary N) is 1.